The molecule has 0 aromatic rings. The molecule has 2 unspecified atom stereocenters. The lowest BCUT2D eigenvalue weighted by molar-refractivity contribution is -0.223. The number of aliphatic hydroxyl groups is 1. The van der Waals surface area contributed by atoms with E-state index in [-0.39, 0.29) is 37.3 Å². The second kappa shape index (κ2) is 6.96. The Labute approximate surface area is 183 Å². The van der Waals surface area contributed by atoms with Crippen LogP contribution in [0.2, 0.25) is 0 Å². The highest BCUT2D eigenvalue weighted by molar-refractivity contribution is 7.86. The second-order valence-electron chi connectivity index (χ2n) is 10.2. The van der Waals surface area contributed by atoms with E-state index in [0.717, 1.165) is 18.1 Å². The number of hydrogen-bond acceptors (Lipinski definition) is 8. The van der Waals surface area contributed by atoms with Gasteiger partial charge in [-0.05, 0) is 37.0 Å². The molecule has 5 aliphatic rings. The fourth-order valence-corrected chi connectivity index (χ4v) is 7.99. The first-order chi connectivity index (χ1) is 14.1. The van der Waals surface area contributed by atoms with Crippen LogP contribution in [-0.4, -0.2) is 59.6 Å². The Morgan fingerprint density at radius 1 is 1.13 bits per heavy atom. The molecule has 3 saturated carbocycles. The summed E-state index contributed by atoms with van der Waals surface area (Å²) in [5.74, 6) is -0.823. The third-order valence-corrected chi connectivity index (χ3v) is 9.25. The number of allylic oxidation sites excluding steroid dienone is 3. The first-order valence-electron chi connectivity index (χ1n) is 10.5. The Bertz CT molecular complexity index is 1070. The highest BCUT2D eigenvalue weighted by atomic mass is 32.2. The summed E-state index contributed by atoms with van der Waals surface area (Å²) in [6.07, 6.45) is 5.52. The molecule has 1 spiro atoms. The van der Waals surface area contributed by atoms with Crippen molar-refractivity contribution in [2.45, 2.75) is 45.1 Å². The van der Waals surface area contributed by atoms with Crippen LogP contribution in [-0.2, 0) is 33.4 Å². The highest BCUT2D eigenvalue weighted by Gasteiger charge is 2.74. The SMILES string of the molecule is C=C1C=C2C[C@@]3(C1=O)C2[C@]1(COS(C)(=O)=O)CCC[C@@](C)(COS(C)(=O)=O)C1C[C@H]3O. The van der Waals surface area contributed by atoms with Gasteiger partial charge in [0.2, 0.25) is 0 Å². The van der Waals surface area contributed by atoms with Crippen molar-refractivity contribution in [1.29, 1.82) is 0 Å². The van der Waals surface area contributed by atoms with Gasteiger partial charge in [-0.25, -0.2) is 0 Å². The van der Waals surface area contributed by atoms with Crippen LogP contribution in [0.4, 0.5) is 0 Å². The van der Waals surface area contributed by atoms with Crippen LogP contribution in [0.1, 0.15) is 39.0 Å². The highest BCUT2D eigenvalue weighted by Crippen LogP contribution is 2.74. The Morgan fingerprint density at radius 2 is 1.74 bits per heavy atom. The van der Waals surface area contributed by atoms with Gasteiger partial charge in [-0.2, -0.15) is 16.8 Å². The average Bonchev–Trinajstić information content (AvgIpc) is 2.61. The van der Waals surface area contributed by atoms with Crippen molar-refractivity contribution < 1.29 is 35.1 Å². The first kappa shape index (κ1) is 23.1. The van der Waals surface area contributed by atoms with E-state index < -0.39 is 42.6 Å². The van der Waals surface area contributed by atoms with Gasteiger partial charge in [0.05, 0.1) is 37.2 Å². The van der Waals surface area contributed by atoms with Crippen LogP contribution in [0.5, 0.6) is 0 Å². The van der Waals surface area contributed by atoms with Gasteiger partial charge in [-0.3, -0.25) is 13.2 Å². The minimum absolute atomic E-state index is 0.0662. The summed E-state index contributed by atoms with van der Waals surface area (Å²) in [5, 5.41) is 11.2. The van der Waals surface area contributed by atoms with Crippen molar-refractivity contribution in [2.75, 3.05) is 25.7 Å². The molecule has 0 heterocycles. The second-order valence-corrected chi connectivity index (χ2v) is 13.5. The number of rotatable bonds is 6. The number of hydrogen-bond donors (Lipinski definition) is 1. The minimum atomic E-state index is -3.74. The molecule has 3 fully saturated rings. The number of aliphatic hydroxyl groups excluding tert-OH is 1. The molecule has 5 aliphatic carbocycles. The predicted octanol–water partition coefficient (Wildman–Crippen LogP) is 1.57. The minimum Gasteiger partial charge on any atom is -0.392 e. The first-order valence-corrected chi connectivity index (χ1v) is 14.1. The van der Waals surface area contributed by atoms with Gasteiger partial charge >= 0.3 is 0 Å². The largest absolute Gasteiger partial charge is 0.392 e. The van der Waals surface area contributed by atoms with Gasteiger partial charge in [0.15, 0.2) is 5.78 Å². The van der Waals surface area contributed by atoms with E-state index in [2.05, 4.69) is 6.58 Å². The topological polar surface area (TPSA) is 124 Å². The number of ketones is 1. The molecule has 174 valence electrons. The molecule has 6 atom stereocenters. The third kappa shape index (κ3) is 3.45. The maximum absolute atomic E-state index is 13.2. The predicted molar refractivity (Wildman–Crippen MR) is 113 cm³/mol. The molecule has 0 aliphatic heterocycles. The van der Waals surface area contributed by atoms with Gasteiger partial charge in [0.25, 0.3) is 20.2 Å². The fraction of sp³-hybridized carbons (Fsp3) is 0.762. The Morgan fingerprint density at radius 3 is 2.35 bits per heavy atom. The van der Waals surface area contributed by atoms with Crippen molar-refractivity contribution in [3.63, 3.8) is 0 Å². The van der Waals surface area contributed by atoms with Crippen LogP contribution >= 0.6 is 0 Å². The summed E-state index contributed by atoms with van der Waals surface area (Å²) in [4.78, 5) is 13.2. The molecule has 0 saturated heterocycles. The van der Waals surface area contributed by atoms with Gasteiger partial charge < -0.3 is 5.11 Å². The lowest BCUT2D eigenvalue weighted by Crippen LogP contribution is -2.72. The Balaban J connectivity index is 1.82. The zero-order valence-electron chi connectivity index (χ0n) is 18.1. The van der Waals surface area contributed by atoms with Crippen molar-refractivity contribution >= 4 is 26.0 Å². The summed E-state index contributed by atoms with van der Waals surface area (Å²) in [5.41, 5.74) is -1.01. The fourth-order valence-electron chi connectivity index (χ4n) is 7.07. The standard InChI is InChI=1S/C21H30O8S2/c1-13-8-14-10-21(18(13)23)16(22)9-15-19(2,11-28-30(3,24)25)6-5-7-20(15,17(14)21)12-29-31(4,26)27/h8,15-17,22H,1,5-7,9-12H2,2-4H3/t15?,16-,17?,19+,20+,21+/m1/s1. The third-order valence-electron chi connectivity index (χ3n) is 8.15. The average molecular weight is 475 g/mol. The molecule has 0 aromatic carbocycles. The van der Waals surface area contributed by atoms with Crippen LogP contribution in [0.3, 0.4) is 0 Å². The molecule has 0 radical (unpaired) electrons. The lowest BCUT2D eigenvalue weighted by Gasteiger charge is -2.71. The zero-order chi connectivity index (χ0) is 23.0. The van der Waals surface area contributed by atoms with Crippen molar-refractivity contribution in [3.8, 4) is 0 Å². The van der Waals surface area contributed by atoms with Gasteiger partial charge in [-0.15, -0.1) is 0 Å². The van der Waals surface area contributed by atoms with Crippen molar-refractivity contribution in [3.05, 3.63) is 23.8 Å². The molecule has 2 bridgehead atoms. The number of Topliss-reactive ketones (excluding diaryl/α,β-unsaturated/α-hetero) is 1. The van der Waals surface area contributed by atoms with Crippen LogP contribution < -0.4 is 0 Å². The van der Waals surface area contributed by atoms with E-state index in [4.69, 9.17) is 8.37 Å². The molecule has 8 nitrogen and oxygen atoms in total. The normalized spacial score (nSPS) is 42.3. The molecule has 0 amide bonds. The summed E-state index contributed by atoms with van der Waals surface area (Å²) in [6.45, 7) is 5.59. The maximum Gasteiger partial charge on any atom is 0.264 e. The number of carbonyl (C=O) groups is 1. The summed E-state index contributed by atoms with van der Waals surface area (Å²) < 4.78 is 57.8. The van der Waals surface area contributed by atoms with E-state index >= 15 is 0 Å². The maximum atomic E-state index is 13.2. The summed E-state index contributed by atoms with van der Waals surface area (Å²) in [6, 6.07) is 0. The molecular formula is C21H30O8S2. The quantitative estimate of drug-likeness (QED) is 0.454. The van der Waals surface area contributed by atoms with E-state index in [0.29, 0.717) is 31.3 Å². The van der Waals surface area contributed by atoms with Crippen molar-refractivity contribution in [1.82, 2.24) is 0 Å². The summed E-state index contributed by atoms with van der Waals surface area (Å²) in [7, 11) is -7.42. The van der Waals surface area contributed by atoms with Crippen molar-refractivity contribution in [2.24, 2.45) is 28.1 Å². The van der Waals surface area contributed by atoms with E-state index in [1.807, 2.05) is 6.92 Å². The monoisotopic (exact) mass is 474 g/mol. The number of fused-ring (bicyclic) bond motifs is 3. The lowest BCUT2D eigenvalue weighted by atomic mass is 9.32. The van der Waals surface area contributed by atoms with E-state index in [9.17, 15) is 26.7 Å². The number of carbonyl (C=O) groups excluding carboxylic acids is 1. The molecule has 31 heavy (non-hydrogen) atoms. The van der Waals surface area contributed by atoms with Crippen LogP contribution in [0.25, 0.3) is 0 Å². The van der Waals surface area contributed by atoms with Crippen LogP contribution in [0, 0.1) is 28.1 Å². The van der Waals surface area contributed by atoms with E-state index in [1.165, 1.54) is 0 Å². The van der Waals surface area contributed by atoms with Gasteiger partial charge in [0.1, 0.15) is 0 Å². The molecule has 5 rings (SSSR count). The van der Waals surface area contributed by atoms with Gasteiger partial charge in [-0.1, -0.05) is 31.6 Å². The molecule has 10 heteroatoms. The Kier molecular flexibility index (Phi) is 5.19. The Hall–Kier alpha value is -1.07. The van der Waals surface area contributed by atoms with Gasteiger partial charge in [0, 0.05) is 16.9 Å². The summed E-state index contributed by atoms with van der Waals surface area (Å²) >= 11 is 0. The zero-order valence-corrected chi connectivity index (χ0v) is 19.7. The molecule has 1 N–H and O–H groups in total. The molecule has 0 aromatic heterocycles. The van der Waals surface area contributed by atoms with Crippen LogP contribution in [0.15, 0.2) is 23.8 Å². The molecular weight excluding hydrogens is 444 g/mol. The smallest absolute Gasteiger partial charge is 0.264 e. The van der Waals surface area contributed by atoms with E-state index in [1.54, 1.807) is 6.08 Å².